The van der Waals surface area contributed by atoms with Crippen LogP contribution in [0.2, 0.25) is 0 Å². The predicted molar refractivity (Wildman–Crippen MR) is 110 cm³/mol. The molecule has 2 amide bonds. The third kappa shape index (κ3) is 4.77. The molecule has 2 aromatic carbocycles. The molecule has 0 aliphatic heterocycles. The summed E-state index contributed by atoms with van der Waals surface area (Å²) < 4.78 is 13.0. The molecule has 1 aliphatic rings. The molecule has 4 nitrogen and oxygen atoms in total. The fourth-order valence-electron chi connectivity index (χ4n) is 3.86. The minimum absolute atomic E-state index is 0.0460. The lowest BCUT2D eigenvalue weighted by Gasteiger charge is -2.31. The molecule has 0 bridgehead atoms. The SMILES string of the molecule is CCN(C(=O)C1CCC(C(=O)Nc2ccc(F)cc2)CC1)c1cccc(C)c1. The number of nitrogens with one attached hydrogen (secondary N) is 1. The van der Waals surface area contributed by atoms with Gasteiger partial charge >= 0.3 is 0 Å². The fraction of sp³-hybridized carbons (Fsp3) is 0.391. The summed E-state index contributed by atoms with van der Waals surface area (Å²) in [6, 6.07) is 13.8. The van der Waals surface area contributed by atoms with Crippen molar-refractivity contribution in [3.8, 4) is 0 Å². The van der Waals surface area contributed by atoms with Gasteiger partial charge in [0.25, 0.3) is 0 Å². The van der Waals surface area contributed by atoms with E-state index in [1.807, 2.05) is 43.0 Å². The molecule has 1 aliphatic carbocycles. The lowest BCUT2D eigenvalue weighted by Crippen LogP contribution is -2.39. The average molecular weight is 382 g/mol. The van der Waals surface area contributed by atoms with Crippen LogP contribution < -0.4 is 10.2 Å². The van der Waals surface area contributed by atoms with E-state index in [2.05, 4.69) is 5.32 Å². The average Bonchev–Trinajstić information content (AvgIpc) is 2.70. The zero-order valence-electron chi connectivity index (χ0n) is 16.5. The summed E-state index contributed by atoms with van der Waals surface area (Å²) in [7, 11) is 0. The molecule has 1 fully saturated rings. The van der Waals surface area contributed by atoms with Crippen molar-refractivity contribution in [3.63, 3.8) is 0 Å². The van der Waals surface area contributed by atoms with Crippen LogP contribution in [0.3, 0.4) is 0 Å². The molecule has 5 heteroatoms. The smallest absolute Gasteiger partial charge is 0.230 e. The second-order valence-electron chi connectivity index (χ2n) is 7.47. The molecule has 1 saturated carbocycles. The molecule has 0 saturated heterocycles. The Morgan fingerprint density at radius 2 is 1.68 bits per heavy atom. The molecule has 28 heavy (non-hydrogen) atoms. The summed E-state index contributed by atoms with van der Waals surface area (Å²) >= 11 is 0. The number of nitrogens with zero attached hydrogens (tertiary/aromatic N) is 1. The van der Waals surface area contributed by atoms with Crippen molar-refractivity contribution >= 4 is 23.2 Å². The van der Waals surface area contributed by atoms with Crippen LogP contribution in [0.5, 0.6) is 0 Å². The zero-order chi connectivity index (χ0) is 20.1. The quantitative estimate of drug-likeness (QED) is 0.797. The normalized spacial score (nSPS) is 19.1. The van der Waals surface area contributed by atoms with Crippen molar-refractivity contribution in [1.29, 1.82) is 0 Å². The minimum atomic E-state index is -0.328. The van der Waals surface area contributed by atoms with Crippen molar-refractivity contribution in [2.24, 2.45) is 11.8 Å². The Bertz CT molecular complexity index is 827. The number of hydrogen-bond donors (Lipinski definition) is 1. The molecule has 0 spiro atoms. The lowest BCUT2D eigenvalue weighted by atomic mass is 9.80. The predicted octanol–water partition coefficient (Wildman–Crippen LogP) is 4.93. The number of anilines is 2. The number of aryl methyl sites for hydroxylation is 1. The highest BCUT2D eigenvalue weighted by molar-refractivity contribution is 5.96. The second kappa shape index (κ2) is 9.00. The Balaban J connectivity index is 1.57. The van der Waals surface area contributed by atoms with Gasteiger partial charge in [-0.25, -0.2) is 4.39 Å². The van der Waals surface area contributed by atoms with Gasteiger partial charge < -0.3 is 10.2 Å². The van der Waals surface area contributed by atoms with Gasteiger partial charge in [-0.15, -0.1) is 0 Å². The van der Waals surface area contributed by atoms with Crippen molar-refractivity contribution in [1.82, 2.24) is 0 Å². The maximum Gasteiger partial charge on any atom is 0.230 e. The lowest BCUT2D eigenvalue weighted by molar-refractivity contribution is -0.126. The first kappa shape index (κ1) is 20.1. The van der Waals surface area contributed by atoms with Crippen LogP contribution in [-0.2, 0) is 9.59 Å². The van der Waals surface area contributed by atoms with E-state index in [0.717, 1.165) is 11.3 Å². The standard InChI is InChI=1S/C23H27FN2O2/c1-3-26(21-6-4-5-16(2)15-21)23(28)18-9-7-17(8-10-18)22(27)25-20-13-11-19(24)12-14-20/h4-6,11-15,17-18H,3,7-10H2,1-2H3,(H,25,27). The third-order valence-corrected chi connectivity index (χ3v) is 5.45. The molecular formula is C23H27FN2O2. The van der Waals surface area contributed by atoms with Crippen LogP contribution in [0, 0.1) is 24.6 Å². The topological polar surface area (TPSA) is 49.4 Å². The minimum Gasteiger partial charge on any atom is -0.326 e. The monoisotopic (exact) mass is 382 g/mol. The highest BCUT2D eigenvalue weighted by Gasteiger charge is 2.32. The van der Waals surface area contributed by atoms with Gasteiger partial charge in [-0.2, -0.15) is 0 Å². The Kier molecular flexibility index (Phi) is 6.45. The summed E-state index contributed by atoms with van der Waals surface area (Å²) in [6.45, 7) is 4.64. The number of amides is 2. The summed E-state index contributed by atoms with van der Waals surface area (Å²) in [5.41, 5.74) is 2.66. The van der Waals surface area contributed by atoms with Gasteiger partial charge in [0.2, 0.25) is 11.8 Å². The highest BCUT2D eigenvalue weighted by Crippen LogP contribution is 2.32. The van der Waals surface area contributed by atoms with E-state index in [4.69, 9.17) is 0 Å². The highest BCUT2D eigenvalue weighted by atomic mass is 19.1. The van der Waals surface area contributed by atoms with E-state index in [-0.39, 0.29) is 29.5 Å². The van der Waals surface area contributed by atoms with Crippen molar-refractivity contribution in [3.05, 3.63) is 59.9 Å². The molecule has 0 atom stereocenters. The molecule has 0 radical (unpaired) electrons. The maximum absolute atomic E-state index is 13.0. The molecule has 2 aromatic rings. The number of carbonyl (C=O) groups is 2. The number of hydrogen-bond acceptors (Lipinski definition) is 2. The van der Waals surface area contributed by atoms with Crippen LogP contribution in [-0.4, -0.2) is 18.4 Å². The van der Waals surface area contributed by atoms with Gasteiger partial charge in [-0.05, 0) is 81.5 Å². The van der Waals surface area contributed by atoms with E-state index in [9.17, 15) is 14.0 Å². The van der Waals surface area contributed by atoms with Crippen LogP contribution in [0.1, 0.15) is 38.2 Å². The van der Waals surface area contributed by atoms with Gasteiger partial charge in [-0.1, -0.05) is 12.1 Å². The van der Waals surface area contributed by atoms with E-state index in [0.29, 0.717) is 37.9 Å². The molecule has 3 rings (SSSR count). The largest absolute Gasteiger partial charge is 0.326 e. The molecule has 0 heterocycles. The van der Waals surface area contributed by atoms with Crippen LogP contribution in [0.15, 0.2) is 48.5 Å². The van der Waals surface area contributed by atoms with Gasteiger partial charge in [0.15, 0.2) is 0 Å². The van der Waals surface area contributed by atoms with Crippen LogP contribution in [0.25, 0.3) is 0 Å². The summed E-state index contributed by atoms with van der Waals surface area (Å²) in [4.78, 5) is 27.4. The fourth-order valence-corrected chi connectivity index (χ4v) is 3.86. The van der Waals surface area contributed by atoms with Gasteiger partial charge in [0.05, 0.1) is 0 Å². The molecule has 0 aromatic heterocycles. The third-order valence-electron chi connectivity index (χ3n) is 5.45. The molecule has 0 unspecified atom stereocenters. The van der Waals surface area contributed by atoms with E-state index in [1.165, 1.54) is 12.1 Å². The number of rotatable bonds is 5. The summed E-state index contributed by atoms with van der Waals surface area (Å²) in [6.07, 6.45) is 2.80. The second-order valence-corrected chi connectivity index (χ2v) is 7.47. The number of halogens is 1. The molecule has 1 N–H and O–H groups in total. The number of carbonyl (C=O) groups excluding carboxylic acids is 2. The van der Waals surface area contributed by atoms with Crippen molar-refractivity contribution in [2.75, 3.05) is 16.8 Å². The van der Waals surface area contributed by atoms with Gasteiger partial charge in [0.1, 0.15) is 5.82 Å². The Hall–Kier alpha value is -2.69. The van der Waals surface area contributed by atoms with E-state index < -0.39 is 0 Å². The first-order valence-corrected chi connectivity index (χ1v) is 9.92. The summed E-state index contributed by atoms with van der Waals surface area (Å²) in [5, 5.41) is 2.85. The Morgan fingerprint density at radius 3 is 2.29 bits per heavy atom. The van der Waals surface area contributed by atoms with Gasteiger partial charge in [-0.3, -0.25) is 9.59 Å². The zero-order valence-corrected chi connectivity index (χ0v) is 16.5. The van der Waals surface area contributed by atoms with Crippen LogP contribution in [0.4, 0.5) is 15.8 Å². The first-order chi connectivity index (χ1) is 13.5. The van der Waals surface area contributed by atoms with Crippen molar-refractivity contribution < 1.29 is 14.0 Å². The number of benzene rings is 2. The van der Waals surface area contributed by atoms with E-state index >= 15 is 0 Å². The molecular weight excluding hydrogens is 355 g/mol. The van der Waals surface area contributed by atoms with Crippen molar-refractivity contribution in [2.45, 2.75) is 39.5 Å². The molecule has 148 valence electrons. The van der Waals surface area contributed by atoms with Gasteiger partial charge in [0, 0.05) is 29.8 Å². The van der Waals surface area contributed by atoms with E-state index in [1.54, 1.807) is 12.1 Å². The maximum atomic E-state index is 13.0. The summed E-state index contributed by atoms with van der Waals surface area (Å²) in [5.74, 6) is -0.390. The Morgan fingerprint density at radius 1 is 1.04 bits per heavy atom. The first-order valence-electron chi connectivity index (χ1n) is 9.92. The Labute approximate surface area is 165 Å². The van der Waals surface area contributed by atoms with Crippen LogP contribution >= 0.6 is 0 Å².